The van der Waals surface area contributed by atoms with Gasteiger partial charge in [-0.05, 0) is 37.8 Å². The lowest BCUT2D eigenvalue weighted by Crippen LogP contribution is -2.32. The van der Waals surface area contributed by atoms with Crippen LogP contribution >= 0.6 is 0 Å². The van der Waals surface area contributed by atoms with Crippen molar-refractivity contribution >= 4 is 5.52 Å². The van der Waals surface area contributed by atoms with E-state index in [1.807, 2.05) is 23.0 Å². The maximum Gasteiger partial charge on any atom is 0.0706 e. The summed E-state index contributed by atoms with van der Waals surface area (Å²) in [6.45, 7) is 3.27. The molecule has 0 unspecified atom stereocenters. The van der Waals surface area contributed by atoms with Gasteiger partial charge in [0.1, 0.15) is 0 Å². The number of hydrogen-bond donors (Lipinski definition) is 1. The van der Waals surface area contributed by atoms with E-state index in [-0.39, 0.29) is 0 Å². The molecule has 1 N–H and O–H groups in total. The van der Waals surface area contributed by atoms with Crippen molar-refractivity contribution in [1.82, 2.24) is 14.9 Å². The SMILES string of the molecule is C[C@H](NCc1cnn2ccccc12)C1CCCCCC1. The predicted molar refractivity (Wildman–Crippen MR) is 82.7 cm³/mol. The normalized spacial score (nSPS) is 19.1. The summed E-state index contributed by atoms with van der Waals surface area (Å²) in [5.41, 5.74) is 2.51. The van der Waals surface area contributed by atoms with Crippen molar-refractivity contribution in [1.29, 1.82) is 0 Å². The van der Waals surface area contributed by atoms with Gasteiger partial charge in [0, 0.05) is 24.3 Å². The maximum absolute atomic E-state index is 4.40. The van der Waals surface area contributed by atoms with Crippen LogP contribution in [-0.4, -0.2) is 15.7 Å². The summed E-state index contributed by atoms with van der Waals surface area (Å²) in [6, 6.07) is 6.84. The lowest BCUT2D eigenvalue weighted by atomic mass is 9.93. The average Bonchev–Trinajstić information content (AvgIpc) is 2.70. The molecule has 0 spiro atoms. The molecule has 20 heavy (non-hydrogen) atoms. The van der Waals surface area contributed by atoms with Gasteiger partial charge in [-0.1, -0.05) is 31.7 Å². The third-order valence-electron chi connectivity index (χ3n) is 4.73. The van der Waals surface area contributed by atoms with Gasteiger partial charge in [-0.25, -0.2) is 4.52 Å². The molecule has 3 nitrogen and oxygen atoms in total. The van der Waals surface area contributed by atoms with Crippen LogP contribution in [-0.2, 0) is 6.54 Å². The smallest absolute Gasteiger partial charge is 0.0706 e. The van der Waals surface area contributed by atoms with E-state index >= 15 is 0 Å². The molecule has 3 rings (SSSR count). The highest BCUT2D eigenvalue weighted by molar-refractivity contribution is 5.53. The van der Waals surface area contributed by atoms with E-state index in [4.69, 9.17) is 0 Å². The van der Waals surface area contributed by atoms with Crippen LogP contribution < -0.4 is 5.32 Å². The molecule has 2 aromatic heterocycles. The number of hydrogen-bond acceptors (Lipinski definition) is 2. The summed E-state index contributed by atoms with van der Waals surface area (Å²) >= 11 is 0. The number of pyridine rings is 1. The average molecular weight is 271 g/mol. The Hall–Kier alpha value is -1.35. The molecule has 0 amide bonds. The van der Waals surface area contributed by atoms with Crippen LogP contribution in [0.2, 0.25) is 0 Å². The van der Waals surface area contributed by atoms with Gasteiger partial charge in [0.05, 0.1) is 11.7 Å². The van der Waals surface area contributed by atoms with Crippen LogP contribution in [0.1, 0.15) is 51.0 Å². The molecule has 0 bridgehead atoms. The van der Waals surface area contributed by atoms with Crippen LogP contribution in [0.25, 0.3) is 5.52 Å². The van der Waals surface area contributed by atoms with E-state index < -0.39 is 0 Å². The lowest BCUT2D eigenvalue weighted by molar-refractivity contribution is 0.337. The number of aromatic nitrogens is 2. The fourth-order valence-corrected chi connectivity index (χ4v) is 3.37. The van der Waals surface area contributed by atoms with E-state index in [1.54, 1.807) is 0 Å². The minimum absolute atomic E-state index is 0.603. The highest BCUT2D eigenvalue weighted by atomic mass is 15.2. The van der Waals surface area contributed by atoms with Crippen LogP contribution in [0, 0.1) is 5.92 Å². The van der Waals surface area contributed by atoms with Crippen molar-refractivity contribution in [2.75, 3.05) is 0 Å². The summed E-state index contributed by atoms with van der Waals surface area (Å²) in [4.78, 5) is 0. The fourth-order valence-electron chi connectivity index (χ4n) is 3.37. The molecule has 0 radical (unpaired) electrons. The third-order valence-corrected chi connectivity index (χ3v) is 4.73. The Morgan fingerprint density at radius 2 is 2.05 bits per heavy atom. The van der Waals surface area contributed by atoms with Crippen molar-refractivity contribution < 1.29 is 0 Å². The van der Waals surface area contributed by atoms with E-state index in [1.165, 1.54) is 49.6 Å². The van der Waals surface area contributed by atoms with Crippen molar-refractivity contribution in [3.63, 3.8) is 0 Å². The molecule has 108 valence electrons. The lowest BCUT2D eigenvalue weighted by Gasteiger charge is -2.23. The first-order valence-electron chi connectivity index (χ1n) is 7.99. The Morgan fingerprint density at radius 3 is 2.85 bits per heavy atom. The van der Waals surface area contributed by atoms with Crippen molar-refractivity contribution in [2.45, 2.75) is 58.0 Å². The van der Waals surface area contributed by atoms with Gasteiger partial charge >= 0.3 is 0 Å². The quantitative estimate of drug-likeness (QED) is 0.857. The fraction of sp³-hybridized carbons (Fsp3) is 0.588. The zero-order chi connectivity index (χ0) is 13.8. The molecule has 1 aliphatic rings. The summed E-state index contributed by atoms with van der Waals surface area (Å²) in [5.74, 6) is 0.847. The van der Waals surface area contributed by atoms with E-state index in [0.29, 0.717) is 6.04 Å². The highest BCUT2D eigenvalue weighted by Crippen LogP contribution is 2.25. The molecular weight excluding hydrogens is 246 g/mol. The van der Waals surface area contributed by atoms with Gasteiger partial charge in [-0.2, -0.15) is 5.10 Å². The molecule has 0 saturated heterocycles. The summed E-state index contributed by atoms with van der Waals surface area (Å²) in [5, 5.41) is 8.12. The minimum atomic E-state index is 0.603. The molecule has 0 aliphatic heterocycles. The van der Waals surface area contributed by atoms with Crippen LogP contribution in [0.4, 0.5) is 0 Å². The first-order valence-corrected chi connectivity index (χ1v) is 7.99. The van der Waals surface area contributed by atoms with Crippen molar-refractivity contribution in [2.24, 2.45) is 5.92 Å². The molecule has 1 saturated carbocycles. The monoisotopic (exact) mass is 271 g/mol. The Morgan fingerprint density at radius 1 is 1.25 bits per heavy atom. The van der Waals surface area contributed by atoms with Gasteiger partial charge in [0.15, 0.2) is 0 Å². The van der Waals surface area contributed by atoms with Crippen LogP contribution in [0.3, 0.4) is 0 Å². The van der Waals surface area contributed by atoms with Gasteiger partial charge in [-0.3, -0.25) is 0 Å². The number of rotatable bonds is 4. The van der Waals surface area contributed by atoms with Crippen LogP contribution in [0.15, 0.2) is 30.6 Å². The number of nitrogens with one attached hydrogen (secondary N) is 1. The van der Waals surface area contributed by atoms with Gasteiger partial charge < -0.3 is 5.32 Å². The summed E-state index contributed by atoms with van der Waals surface area (Å²) in [6.07, 6.45) is 12.5. The summed E-state index contributed by atoms with van der Waals surface area (Å²) in [7, 11) is 0. The molecule has 2 heterocycles. The number of fused-ring (bicyclic) bond motifs is 1. The van der Waals surface area contributed by atoms with Gasteiger partial charge in [0.2, 0.25) is 0 Å². The second-order valence-electron chi connectivity index (χ2n) is 6.12. The molecule has 1 aliphatic carbocycles. The predicted octanol–water partition coefficient (Wildman–Crippen LogP) is 3.78. The third kappa shape index (κ3) is 3.04. The Balaban J connectivity index is 1.60. The molecule has 1 fully saturated rings. The topological polar surface area (TPSA) is 29.3 Å². The molecule has 0 aromatic carbocycles. The first kappa shape index (κ1) is 13.6. The second-order valence-corrected chi connectivity index (χ2v) is 6.12. The summed E-state index contributed by atoms with van der Waals surface area (Å²) < 4.78 is 1.95. The van der Waals surface area contributed by atoms with Crippen molar-refractivity contribution in [3.8, 4) is 0 Å². The van der Waals surface area contributed by atoms with E-state index in [9.17, 15) is 0 Å². The van der Waals surface area contributed by atoms with E-state index in [0.717, 1.165) is 12.5 Å². The first-order chi connectivity index (χ1) is 9.84. The standard InChI is InChI=1S/C17H25N3/c1-14(15-8-4-2-3-5-9-15)18-12-16-13-19-20-11-7-6-10-17(16)20/h6-7,10-11,13-15,18H,2-5,8-9,12H2,1H3/t14-/m0/s1. The highest BCUT2D eigenvalue weighted by Gasteiger charge is 2.18. The largest absolute Gasteiger partial charge is 0.310 e. The molecule has 1 atom stereocenters. The van der Waals surface area contributed by atoms with Gasteiger partial charge in [-0.15, -0.1) is 0 Å². The number of nitrogens with zero attached hydrogens (tertiary/aromatic N) is 2. The Labute approximate surface area is 121 Å². The second kappa shape index (κ2) is 6.40. The Bertz CT molecular complexity index is 538. The molecular formula is C17H25N3. The molecule has 2 aromatic rings. The zero-order valence-electron chi connectivity index (χ0n) is 12.4. The maximum atomic E-state index is 4.40. The minimum Gasteiger partial charge on any atom is -0.310 e. The zero-order valence-corrected chi connectivity index (χ0v) is 12.4. The van der Waals surface area contributed by atoms with Crippen LogP contribution in [0.5, 0.6) is 0 Å². The van der Waals surface area contributed by atoms with Gasteiger partial charge in [0.25, 0.3) is 0 Å². The molecule has 3 heteroatoms. The van der Waals surface area contributed by atoms with Crippen molar-refractivity contribution in [3.05, 3.63) is 36.2 Å². The Kier molecular flexibility index (Phi) is 4.36. The van der Waals surface area contributed by atoms with E-state index in [2.05, 4.69) is 29.5 Å².